The lowest BCUT2D eigenvalue weighted by Crippen LogP contribution is -2.40. The molecule has 0 aromatic rings. The van der Waals surface area contributed by atoms with Crippen LogP contribution in [0.4, 0.5) is 4.39 Å². The second-order valence-electron chi connectivity index (χ2n) is 2.29. The number of rotatable bonds is 1. The highest BCUT2D eigenvalue weighted by Crippen LogP contribution is 2.22. The van der Waals surface area contributed by atoms with Gasteiger partial charge in [0.25, 0.3) is 0 Å². The molecule has 2 nitrogen and oxygen atoms in total. The Bertz CT molecular complexity index is 179. The van der Waals surface area contributed by atoms with E-state index in [-0.39, 0.29) is 6.42 Å². The van der Waals surface area contributed by atoms with Crippen LogP contribution in [0, 0.1) is 0 Å². The van der Waals surface area contributed by atoms with E-state index in [4.69, 9.17) is 10.0 Å². The lowest BCUT2D eigenvalue weighted by atomic mass is 9.66. The van der Waals surface area contributed by atoms with Crippen LogP contribution in [-0.4, -0.2) is 22.7 Å². The molecule has 1 atom stereocenters. The molecule has 0 radical (unpaired) electrons. The minimum atomic E-state index is -1.98. The van der Waals surface area contributed by atoms with E-state index in [1.165, 1.54) is 6.08 Å². The molecule has 4 heteroatoms. The van der Waals surface area contributed by atoms with Gasteiger partial charge in [-0.15, -0.1) is 0 Å². The number of halogens is 1. The van der Waals surface area contributed by atoms with Gasteiger partial charge in [0.15, 0.2) is 5.57 Å². The van der Waals surface area contributed by atoms with Gasteiger partial charge < -0.3 is 10.0 Å². The summed E-state index contributed by atoms with van der Waals surface area (Å²) < 4.78 is 13.1. The van der Waals surface area contributed by atoms with Crippen molar-refractivity contribution >= 4 is 7.12 Å². The van der Waals surface area contributed by atoms with E-state index in [0.717, 1.165) is 6.08 Å². The Hall–Kier alpha value is -0.605. The van der Waals surface area contributed by atoms with Crippen LogP contribution < -0.4 is 0 Å². The summed E-state index contributed by atoms with van der Waals surface area (Å²) in [4.78, 5) is 0. The molecule has 0 aromatic carbocycles. The first kappa shape index (κ1) is 7.50. The van der Waals surface area contributed by atoms with E-state index in [2.05, 4.69) is 0 Å². The van der Waals surface area contributed by atoms with Crippen LogP contribution in [0.3, 0.4) is 0 Å². The molecule has 0 aliphatic heterocycles. The average Bonchev–Trinajstić information content (AvgIpc) is 1.89. The molecule has 0 spiro atoms. The largest absolute Gasteiger partial charge is 0.496 e. The maximum atomic E-state index is 13.1. The molecule has 1 unspecified atom stereocenters. The molecule has 0 bridgehead atoms. The van der Waals surface area contributed by atoms with E-state index in [9.17, 15) is 4.39 Å². The van der Waals surface area contributed by atoms with Crippen LogP contribution in [-0.2, 0) is 0 Å². The Morgan fingerprint density at radius 2 is 2.10 bits per heavy atom. The highest BCUT2D eigenvalue weighted by Gasteiger charge is 2.39. The zero-order chi connectivity index (χ0) is 7.61. The molecular formula is C6H8BFO2. The Labute approximate surface area is 58.8 Å². The third-order valence-electron chi connectivity index (χ3n) is 1.48. The van der Waals surface area contributed by atoms with E-state index in [1.54, 1.807) is 12.2 Å². The van der Waals surface area contributed by atoms with Gasteiger partial charge in [0.1, 0.15) is 0 Å². The lowest BCUT2D eigenvalue weighted by Gasteiger charge is -2.19. The quantitative estimate of drug-likeness (QED) is 0.514. The smallest absolute Gasteiger partial charge is 0.425 e. The van der Waals surface area contributed by atoms with E-state index >= 15 is 0 Å². The van der Waals surface area contributed by atoms with Gasteiger partial charge in [0.2, 0.25) is 0 Å². The van der Waals surface area contributed by atoms with E-state index in [0.29, 0.717) is 0 Å². The van der Waals surface area contributed by atoms with Crippen molar-refractivity contribution in [2.75, 3.05) is 0 Å². The van der Waals surface area contributed by atoms with Gasteiger partial charge in [0, 0.05) is 6.42 Å². The molecule has 1 rings (SSSR count). The molecule has 0 saturated carbocycles. The van der Waals surface area contributed by atoms with Crippen LogP contribution in [0.2, 0.25) is 0 Å². The average molecular weight is 142 g/mol. The molecule has 0 fully saturated rings. The van der Waals surface area contributed by atoms with Crippen molar-refractivity contribution in [3.63, 3.8) is 0 Å². The van der Waals surface area contributed by atoms with Crippen LogP contribution in [0.15, 0.2) is 24.3 Å². The van der Waals surface area contributed by atoms with Gasteiger partial charge in [-0.05, 0) is 6.08 Å². The van der Waals surface area contributed by atoms with Crippen LogP contribution in [0.1, 0.15) is 6.42 Å². The normalized spacial score (nSPS) is 30.7. The minimum absolute atomic E-state index is 0.0289. The monoisotopic (exact) mass is 142 g/mol. The summed E-state index contributed by atoms with van der Waals surface area (Å²) in [7, 11) is -1.92. The Kier molecular flexibility index (Phi) is 1.92. The molecule has 0 heterocycles. The maximum Gasteiger partial charge on any atom is 0.496 e. The summed E-state index contributed by atoms with van der Waals surface area (Å²) in [5.41, 5.74) is -1.98. The molecule has 2 N–H and O–H groups in total. The molecule has 54 valence electrons. The SMILES string of the molecule is OB(O)C1(F)C=CC=CC1. The van der Waals surface area contributed by atoms with Gasteiger partial charge >= 0.3 is 7.12 Å². The Morgan fingerprint density at radius 3 is 2.40 bits per heavy atom. The maximum absolute atomic E-state index is 13.1. The Balaban J connectivity index is 2.70. The fraction of sp³-hybridized carbons (Fsp3) is 0.333. The van der Waals surface area contributed by atoms with Crippen molar-refractivity contribution in [1.29, 1.82) is 0 Å². The predicted molar refractivity (Wildman–Crippen MR) is 36.9 cm³/mol. The summed E-state index contributed by atoms with van der Waals surface area (Å²) in [5.74, 6) is 0. The summed E-state index contributed by atoms with van der Waals surface area (Å²) in [6, 6.07) is 0. The molecule has 0 saturated heterocycles. The second-order valence-corrected chi connectivity index (χ2v) is 2.29. The summed E-state index contributed by atoms with van der Waals surface area (Å²) in [5, 5.41) is 17.1. The first-order chi connectivity index (χ1) is 4.65. The molecule has 0 aromatic heterocycles. The molecule has 0 amide bonds. The topological polar surface area (TPSA) is 40.5 Å². The van der Waals surface area contributed by atoms with Crippen molar-refractivity contribution in [2.45, 2.75) is 12.0 Å². The van der Waals surface area contributed by atoms with Crippen LogP contribution in [0.25, 0.3) is 0 Å². The minimum Gasteiger partial charge on any atom is -0.425 e. The zero-order valence-electron chi connectivity index (χ0n) is 5.37. The number of hydrogen-bond donors (Lipinski definition) is 2. The zero-order valence-corrected chi connectivity index (χ0v) is 5.37. The van der Waals surface area contributed by atoms with Crippen molar-refractivity contribution < 1.29 is 14.4 Å². The highest BCUT2D eigenvalue weighted by atomic mass is 19.1. The number of allylic oxidation sites excluding steroid dienone is 4. The third kappa shape index (κ3) is 1.28. The molecule has 10 heavy (non-hydrogen) atoms. The van der Waals surface area contributed by atoms with Crippen molar-refractivity contribution in [3.8, 4) is 0 Å². The first-order valence-corrected chi connectivity index (χ1v) is 3.04. The highest BCUT2D eigenvalue weighted by molar-refractivity contribution is 6.46. The number of alkyl halides is 1. The lowest BCUT2D eigenvalue weighted by molar-refractivity contribution is 0.245. The predicted octanol–water partition coefficient (Wildman–Crippen LogP) is 0.223. The van der Waals surface area contributed by atoms with Gasteiger partial charge in [-0.25, -0.2) is 4.39 Å². The van der Waals surface area contributed by atoms with Gasteiger partial charge in [0.05, 0.1) is 0 Å². The standard InChI is InChI=1S/C6H8BFO2/c8-6(7(9)10)4-2-1-3-5-6/h1-4,9-10H,5H2. The van der Waals surface area contributed by atoms with Crippen molar-refractivity contribution in [1.82, 2.24) is 0 Å². The van der Waals surface area contributed by atoms with Gasteiger partial charge in [-0.2, -0.15) is 0 Å². The molecule has 1 aliphatic rings. The first-order valence-electron chi connectivity index (χ1n) is 3.04. The van der Waals surface area contributed by atoms with Crippen LogP contribution in [0.5, 0.6) is 0 Å². The summed E-state index contributed by atoms with van der Waals surface area (Å²) >= 11 is 0. The summed E-state index contributed by atoms with van der Waals surface area (Å²) in [6.07, 6.45) is 5.86. The van der Waals surface area contributed by atoms with Crippen molar-refractivity contribution in [3.05, 3.63) is 24.3 Å². The Morgan fingerprint density at radius 1 is 1.40 bits per heavy atom. The molecule has 1 aliphatic carbocycles. The second kappa shape index (κ2) is 2.56. The fourth-order valence-electron chi connectivity index (χ4n) is 0.802. The fourth-order valence-corrected chi connectivity index (χ4v) is 0.802. The third-order valence-corrected chi connectivity index (χ3v) is 1.48. The van der Waals surface area contributed by atoms with E-state index in [1.807, 2.05) is 0 Å². The summed E-state index contributed by atoms with van der Waals surface area (Å²) in [6.45, 7) is 0. The van der Waals surface area contributed by atoms with Gasteiger partial charge in [-0.1, -0.05) is 18.2 Å². The van der Waals surface area contributed by atoms with Crippen LogP contribution >= 0.6 is 0 Å². The van der Waals surface area contributed by atoms with E-state index < -0.39 is 12.7 Å². The number of hydrogen-bond acceptors (Lipinski definition) is 2. The van der Waals surface area contributed by atoms with Crippen molar-refractivity contribution in [2.24, 2.45) is 0 Å². The van der Waals surface area contributed by atoms with Gasteiger partial charge in [-0.3, -0.25) is 0 Å². The molecular weight excluding hydrogens is 134 g/mol.